The molecule has 88 valence electrons. The van der Waals surface area contributed by atoms with Gasteiger partial charge in [0.1, 0.15) is 11.9 Å². The molecule has 0 spiro atoms. The third-order valence-corrected chi connectivity index (χ3v) is 2.52. The molecule has 0 aliphatic heterocycles. The van der Waals surface area contributed by atoms with Gasteiger partial charge in [-0.1, -0.05) is 17.2 Å². The van der Waals surface area contributed by atoms with Crippen LogP contribution >= 0.6 is 0 Å². The normalized spacial score (nSPS) is 15.8. The first-order chi connectivity index (χ1) is 8.20. The first-order valence-electron chi connectivity index (χ1n) is 5.31. The molecule has 0 unspecified atom stereocenters. The number of azide groups is 1. The smallest absolute Gasteiger partial charge is 0.233 e. The molecule has 5 nitrogen and oxygen atoms in total. The van der Waals surface area contributed by atoms with Gasteiger partial charge in [0, 0.05) is 11.0 Å². The predicted octanol–water partition coefficient (Wildman–Crippen LogP) is 2.46. The van der Waals surface area contributed by atoms with E-state index in [1.165, 1.54) is 24.3 Å². The van der Waals surface area contributed by atoms with Crippen molar-refractivity contribution >= 4 is 5.91 Å². The second-order valence-electron chi connectivity index (χ2n) is 3.94. The Labute approximate surface area is 97.3 Å². The number of rotatable bonds is 4. The SMILES string of the molecule is [N-]=[N+]=N[C@@H](C(=O)NC1CC1)c1ccc(F)cc1. The second kappa shape index (κ2) is 4.84. The summed E-state index contributed by atoms with van der Waals surface area (Å²) in [5.41, 5.74) is 8.94. The van der Waals surface area contributed by atoms with Crippen LogP contribution in [0.15, 0.2) is 29.4 Å². The van der Waals surface area contributed by atoms with Crippen LogP contribution in [-0.2, 0) is 4.79 Å². The summed E-state index contributed by atoms with van der Waals surface area (Å²) in [4.78, 5) is 14.5. The van der Waals surface area contributed by atoms with Gasteiger partial charge in [-0.15, -0.1) is 0 Å². The molecule has 0 heterocycles. The Bertz CT molecular complexity index is 463. The average Bonchev–Trinajstić information content (AvgIpc) is 3.11. The lowest BCUT2D eigenvalue weighted by Crippen LogP contribution is -2.30. The Morgan fingerprint density at radius 2 is 2.12 bits per heavy atom. The van der Waals surface area contributed by atoms with E-state index in [1.807, 2.05) is 0 Å². The molecule has 1 aromatic rings. The fraction of sp³-hybridized carbons (Fsp3) is 0.364. The zero-order valence-electron chi connectivity index (χ0n) is 9.01. The quantitative estimate of drug-likeness (QED) is 0.484. The molecule has 1 aliphatic carbocycles. The van der Waals surface area contributed by atoms with Crippen LogP contribution in [0.2, 0.25) is 0 Å². The minimum absolute atomic E-state index is 0.194. The number of amides is 1. The number of carbonyl (C=O) groups excluding carboxylic acids is 1. The summed E-state index contributed by atoms with van der Waals surface area (Å²) in [6.45, 7) is 0. The number of carbonyl (C=O) groups is 1. The van der Waals surface area contributed by atoms with Gasteiger partial charge in [0.2, 0.25) is 5.91 Å². The van der Waals surface area contributed by atoms with Crippen molar-refractivity contribution in [3.05, 3.63) is 46.1 Å². The summed E-state index contributed by atoms with van der Waals surface area (Å²) in [6, 6.07) is 4.63. The van der Waals surface area contributed by atoms with Crippen molar-refractivity contribution in [3.63, 3.8) is 0 Å². The van der Waals surface area contributed by atoms with E-state index in [-0.39, 0.29) is 11.9 Å². The van der Waals surface area contributed by atoms with Crippen LogP contribution in [0.5, 0.6) is 0 Å². The molecule has 6 heteroatoms. The van der Waals surface area contributed by atoms with Crippen LogP contribution in [0, 0.1) is 5.82 Å². The number of benzene rings is 1. The minimum atomic E-state index is -0.929. The Morgan fingerprint density at radius 1 is 1.47 bits per heavy atom. The zero-order chi connectivity index (χ0) is 12.3. The lowest BCUT2D eigenvalue weighted by molar-refractivity contribution is -0.122. The monoisotopic (exact) mass is 234 g/mol. The Hall–Kier alpha value is -2.07. The Balaban J connectivity index is 2.17. The Morgan fingerprint density at radius 3 is 2.65 bits per heavy atom. The van der Waals surface area contributed by atoms with Gasteiger partial charge >= 0.3 is 0 Å². The second-order valence-corrected chi connectivity index (χ2v) is 3.94. The molecule has 1 saturated carbocycles. The molecule has 1 N–H and O–H groups in total. The van der Waals surface area contributed by atoms with E-state index >= 15 is 0 Å². The molecule has 0 aromatic heterocycles. The van der Waals surface area contributed by atoms with E-state index in [9.17, 15) is 9.18 Å². The van der Waals surface area contributed by atoms with Crippen molar-refractivity contribution in [1.29, 1.82) is 0 Å². The fourth-order valence-corrected chi connectivity index (χ4v) is 1.47. The van der Waals surface area contributed by atoms with Gasteiger partial charge in [-0.3, -0.25) is 4.79 Å². The van der Waals surface area contributed by atoms with Gasteiger partial charge in [0.25, 0.3) is 0 Å². The maximum absolute atomic E-state index is 12.8. The van der Waals surface area contributed by atoms with E-state index < -0.39 is 11.9 Å². The standard InChI is InChI=1S/C11H11FN4O/c12-8-3-1-7(2-4-8)10(15-16-13)11(17)14-9-5-6-9/h1-4,9-10H,5-6H2,(H,14,17)/t10-/m1/s1. The van der Waals surface area contributed by atoms with E-state index in [4.69, 9.17) is 5.53 Å². The fourth-order valence-electron chi connectivity index (χ4n) is 1.47. The number of hydrogen-bond donors (Lipinski definition) is 1. The number of halogens is 1. The minimum Gasteiger partial charge on any atom is -0.353 e. The highest BCUT2D eigenvalue weighted by Gasteiger charge is 2.27. The lowest BCUT2D eigenvalue weighted by Gasteiger charge is -2.11. The summed E-state index contributed by atoms with van der Waals surface area (Å²) in [7, 11) is 0. The van der Waals surface area contributed by atoms with Gasteiger partial charge in [-0.25, -0.2) is 4.39 Å². The van der Waals surface area contributed by atoms with E-state index in [0.29, 0.717) is 5.56 Å². The zero-order valence-corrected chi connectivity index (χ0v) is 9.01. The van der Waals surface area contributed by atoms with Gasteiger partial charge < -0.3 is 5.32 Å². The molecule has 17 heavy (non-hydrogen) atoms. The molecular formula is C11H11FN4O. The topological polar surface area (TPSA) is 77.9 Å². The molecule has 1 aliphatic rings. The molecule has 1 aromatic carbocycles. The van der Waals surface area contributed by atoms with Crippen LogP contribution in [0.25, 0.3) is 10.4 Å². The molecular weight excluding hydrogens is 223 g/mol. The van der Waals surface area contributed by atoms with Crippen molar-refractivity contribution in [2.75, 3.05) is 0 Å². The molecule has 0 bridgehead atoms. The molecule has 2 rings (SSSR count). The van der Waals surface area contributed by atoms with Gasteiger partial charge in [-0.05, 0) is 36.1 Å². The summed E-state index contributed by atoms with van der Waals surface area (Å²) >= 11 is 0. The van der Waals surface area contributed by atoms with Crippen molar-refractivity contribution in [3.8, 4) is 0 Å². The number of hydrogen-bond acceptors (Lipinski definition) is 2. The summed E-state index contributed by atoms with van der Waals surface area (Å²) in [5.74, 6) is -0.729. The molecule has 0 radical (unpaired) electrons. The van der Waals surface area contributed by atoms with Gasteiger partial charge in [-0.2, -0.15) is 0 Å². The maximum Gasteiger partial charge on any atom is 0.233 e. The summed E-state index contributed by atoms with van der Waals surface area (Å²) < 4.78 is 12.8. The molecule has 0 saturated heterocycles. The largest absolute Gasteiger partial charge is 0.353 e. The maximum atomic E-state index is 12.8. The van der Waals surface area contributed by atoms with E-state index in [0.717, 1.165) is 12.8 Å². The van der Waals surface area contributed by atoms with Gasteiger partial charge in [0.05, 0.1) is 0 Å². The highest BCUT2D eigenvalue weighted by atomic mass is 19.1. The van der Waals surface area contributed by atoms with Crippen LogP contribution < -0.4 is 5.32 Å². The average molecular weight is 234 g/mol. The van der Waals surface area contributed by atoms with Crippen molar-refractivity contribution in [2.45, 2.75) is 24.9 Å². The highest BCUT2D eigenvalue weighted by molar-refractivity contribution is 5.83. The molecule has 1 atom stereocenters. The van der Waals surface area contributed by atoms with E-state index in [2.05, 4.69) is 15.3 Å². The van der Waals surface area contributed by atoms with Crippen LogP contribution in [0.3, 0.4) is 0 Å². The summed E-state index contributed by atoms with van der Waals surface area (Å²) in [5, 5.41) is 6.21. The van der Waals surface area contributed by atoms with Crippen molar-refractivity contribution in [2.24, 2.45) is 5.11 Å². The third-order valence-electron chi connectivity index (χ3n) is 2.52. The Kier molecular flexibility index (Phi) is 3.25. The first-order valence-corrected chi connectivity index (χ1v) is 5.31. The van der Waals surface area contributed by atoms with Crippen LogP contribution in [0.4, 0.5) is 4.39 Å². The molecule has 1 amide bonds. The number of nitrogens with zero attached hydrogens (tertiary/aromatic N) is 3. The number of nitrogens with one attached hydrogen (secondary N) is 1. The van der Waals surface area contributed by atoms with E-state index in [1.54, 1.807) is 0 Å². The summed E-state index contributed by atoms with van der Waals surface area (Å²) in [6.07, 6.45) is 1.91. The van der Waals surface area contributed by atoms with Crippen LogP contribution in [-0.4, -0.2) is 11.9 Å². The van der Waals surface area contributed by atoms with Crippen molar-refractivity contribution < 1.29 is 9.18 Å². The van der Waals surface area contributed by atoms with Crippen molar-refractivity contribution in [1.82, 2.24) is 5.32 Å². The first kappa shape index (κ1) is 11.4. The molecule has 1 fully saturated rings. The van der Waals surface area contributed by atoms with Crippen LogP contribution in [0.1, 0.15) is 24.4 Å². The van der Waals surface area contributed by atoms with Gasteiger partial charge in [0.15, 0.2) is 0 Å². The predicted molar refractivity (Wildman–Crippen MR) is 59.5 cm³/mol. The highest BCUT2D eigenvalue weighted by Crippen LogP contribution is 2.23. The lowest BCUT2D eigenvalue weighted by atomic mass is 10.1. The third kappa shape index (κ3) is 2.95.